The first-order valence-corrected chi connectivity index (χ1v) is 3.77. The van der Waals surface area contributed by atoms with Gasteiger partial charge in [0.2, 0.25) is 0 Å². The van der Waals surface area contributed by atoms with Gasteiger partial charge in [-0.05, 0) is 18.0 Å². The van der Waals surface area contributed by atoms with Gasteiger partial charge in [0.25, 0.3) is 0 Å². The van der Waals surface area contributed by atoms with Crippen LogP contribution < -0.4 is 0 Å². The Balaban J connectivity index is 3.88. The number of alkyl halides is 5. The van der Waals surface area contributed by atoms with E-state index in [9.17, 15) is 17.6 Å². The molecule has 74 valence electrons. The lowest BCUT2D eigenvalue weighted by atomic mass is 10.4. The highest BCUT2D eigenvalue weighted by molar-refractivity contribution is 6.22. The maximum Gasteiger partial charge on any atom is 0.464 e. The van der Waals surface area contributed by atoms with Crippen molar-refractivity contribution in [2.45, 2.75) is 31.3 Å². The second-order valence-electron chi connectivity index (χ2n) is 2.22. The Hall–Kier alpha value is -0.0300. The minimum atomic E-state index is -5.18. The molecule has 12 heavy (non-hydrogen) atoms. The van der Waals surface area contributed by atoms with Crippen molar-refractivity contribution in [3.05, 3.63) is 0 Å². The normalized spacial score (nSPS) is 17.5. The molecule has 0 rings (SSSR count). The van der Waals surface area contributed by atoms with Crippen LogP contribution in [0.25, 0.3) is 0 Å². The average Bonchev–Trinajstić information content (AvgIpc) is 1.85. The summed E-state index contributed by atoms with van der Waals surface area (Å²) in [4.78, 5) is 0. The van der Waals surface area contributed by atoms with E-state index in [2.05, 4.69) is 16.3 Å². The van der Waals surface area contributed by atoms with E-state index >= 15 is 0 Å². The van der Waals surface area contributed by atoms with Crippen LogP contribution in [0.2, 0.25) is 0 Å². The maximum absolute atomic E-state index is 12.3. The molecular weight excluding hydrogens is 200 g/mol. The fraction of sp³-hybridized carbons (Fsp3) is 1.00. The van der Waals surface area contributed by atoms with Crippen molar-refractivity contribution in [3.63, 3.8) is 0 Å². The summed E-state index contributed by atoms with van der Waals surface area (Å²) in [5.41, 5.74) is 0. The molecule has 0 aliphatic heterocycles. The fourth-order valence-corrected chi connectivity index (χ4v) is 0.504. The highest BCUT2D eigenvalue weighted by Crippen LogP contribution is 2.38. The van der Waals surface area contributed by atoms with Gasteiger partial charge in [-0.1, -0.05) is 13.3 Å². The summed E-state index contributed by atoms with van der Waals surface area (Å²) in [6.45, 7) is 1.40. The summed E-state index contributed by atoms with van der Waals surface area (Å²) in [6, 6.07) is 0. The van der Waals surface area contributed by atoms with Gasteiger partial charge in [0.05, 0.1) is 6.61 Å². The fourth-order valence-electron chi connectivity index (χ4n) is 0.427. The van der Waals surface area contributed by atoms with Crippen LogP contribution in [-0.2, 0) is 4.74 Å². The SMILES string of the molecule is CCCCOC(F)(Cl)C(F)(F)F. The lowest BCUT2D eigenvalue weighted by molar-refractivity contribution is -0.290. The summed E-state index contributed by atoms with van der Waals surface area (Å²) in [7, 11) is 0. The molecule has 1 nitrogen and oxygen atoms in total. The van der Waals surface area contributed by atoms with Crippen molar-refractivity contribution in [2.75, 3.05) is 6.61 Å². The number of rotatable bonds is 4. The molecular formula is C6H9ClF4O. The third-order valence-electron chi connectivity index (χ3n) is 1.11. The Morgan fingerprint density at radius 1 is 1.25 bits per heavy atom. The summed E-state index contributed by atoms with van der Waals surface area (Å²) in [5, 5.41) is -4.04. The zero-order valence-corrected chi connectivity index (χ0v) is 7.18. The van der Waals surface area contributed by atoms with Gasteiger partial charge < -0.3 is 4.74 Å². The number of halogens is 5. The van der Waals surface area contributed by atoms with Crippen LogP contribution in [0.3, 0.4) is 0 Å². The molecule has 0 saturated heterocycles. The molecule has 0 heterocycles. The lowest BCUT2D eigenvalue weighted by Crippen LogP contribution is -2.38. The Morgan fingerprint density at radius 2 is 1.75 bits per heavy atom. The molecule has 0 saturated carbocycles. The molecule has 0 aromatic rings. The molecule has 0 radical (unpaired) electrons. The number of ether oxygens (including phenoxy) is 1. The maximum atomic E-state index is 12.3. The van der Waals surface area contributed by atoms with E-state index in [1.807, 2.05) is 0 Å². The topological polar surface area (TPSA) is 9.23 Å². The van der Waals surface area contributed by atoms with Crippen molar-refractivity contribution in [2.24, 2.45) is 0 Å². The van der Waals surface area contributed by atoms with E-state index in [-0.39, 0.29) is 6.61 Å². The van der Waals surface area contributed by atoms with E-state index < -0.39 is 11.5 Å². The van der Waals surface area contributed by atoms with Gasteiger partial charge in [-0.2, -0.15) is 17.6 Å². The summed E-state index contributed by atoms with van der Waals surface area (Å²) in [6.07, 6.45) is -4.22. The predicted molar refractivity (Wildman–Crippen MR) is 36.6 cm³/mol. The number of unbranched alkanes of at least 4 members (excludes halogenated alkanes) is 1. The van der Waals surface area contributed by atoms with Crippen molar-refractivity contribution >= 4 is 11.6 Å². The molecule has 1 unspecified atom stereocenters. The van der Waals surface area contributed by atoms with Crippen molar-refractivity contribution in [1.29, 1.82) is 0 Å². The standard InChI is InChI=1S/C6H9ClF4O/c1-2-3-4-12-5(7,8)6(9,10)11/h2-4H2,1H3. The zero-order valence-electron chi connectivity index (χ0n) is 6.42. The van der Waals surface area contributed by atoms with Crippen LogP contribution in [-0.4, -0.2) is 18.1 Å². The summed E-state index contributed by atoms with van der Waals surface area (Å²) in [5.74, 6) is 0. The van der Waals surface area contributed by atoms with Gasteiger partial charge in [0.1, 0.15) is 0 Å². The van der Waals surface area contributed by atoms with Crippen LogP contribution in [0.5, 0.6) is 0 Å². The second kappa shape index (κ2) is 4.28. The first-order valence-electron chi connectivity index (χ1n) is 3.39. The summed E-state index contributed by atoms with van der Waals surface area (Å²) >= 11 is 4.43. The van der Waals surface area contributed by atoms with Gasteiger partial charge in [0, 0.05) is 0 Å². The van der Waals surface area contributed by atoms with Gasteiger partial charge in [-0.3, -0.25) is 0 Å². The monoisotopic (exact) mass is 208 g/mol. The Labute approximate surface area is 72.6 Å². The van der Waals surface area contributed by atoms with E-state index in [1.165, 1.54) is 0 Å². The highest BCUT2D eigenvalue weighted by Gasteiger charge is 2.56. The minimum Gasteiger partial charge on any atom is -0.327 e. The summed E-state index contributed by atoms with van der Waals surface area (Å²) < 4.78 is 51.0. The van der Waals surface area contributed by atoms with Crippen LogP contribution in [0, 0.1) is 0 Å². The van der Waals surface area contributed by atoms with E-state index in [4.69, 9.17) is 0 Å². The third kappa shape index (κ3) is 3.58. The van der Waals surface area contributed by atoms with Crippen molar-refractivity contribution in [3.8, 4) is 0 Å². The molecule has 0 aromatic carbocycles. The van der Waals surface area contributed by atoms with Crippen LogP contribution in [0.15, 0.2) is 0 Å². The zero-order chi connectivity index (χ0) is 9.83. The third-order valence-corrected chi connectivity index (χ3v) is 1.43. The number of hydrogen-bond acceptors (Lipinski definition) is 1. The first kappa shape index (κ1) is 12.0. The molecule has 1 atom stereocenters. The van der Waals surface area contributed by atoms with Crippen LogP contribution in [0.1, 0.15) is 19.8 Å². The van der Waals surface area contributed by atoms with E-state index in [0.29, 0.717) is 12.8 Å². The van der Waals surface area contributed by atoms with E-state index in [1.54, 1.807) is 6.92 Å². The molecule has 0 spiro atoms. The van der Waals surface area contributed by atoms with Gasteiger partial charge >= 0.3 is 11.5 Å². The van der Waals surface area contributed by atoms with Gasteiger partial charge in [-0.25, -0.2) is 0 Å². The molecule has 0 aromatic heterocycles. The lowest BCUT2D eigenvalue weighted by Gasteiger charge is -2.20. The van der Waals surface area contributed by atoms with Crippen molar-refractivity contribution in [1.82, 2.24) is 0 Å². The minimum absolute atomic E-state index is 0.337. The van der Waals surface area contributed by atoms with Crippen LogP contribution in [0.4, 0.5) is 17.6 Å². The first-order chi connectivity index (χ1) is 5.31. The molecule has 0 N–H and O–H groups in total. The quantitative estimate of drug-likeness (QED) is 0.392. The molecule has 0 amide bonds. The predicted octanol–water partition coefficient (Wildman–Crippen LogP) is 3.23. The second-order valence-corrected chi connectivity index (χ2v) is 2.70. The molecule has 0 aliphatic rings. The van der Waals surface area contributed by atoms with E-state index in [0.717, 1.165) is 0 Å². The average molecular weight is 209 g/mol. The molecule has 0 bridgehead atoms. The largest absolute Gasteiger partial charge is 0.464 e. The number of hydrogen-bond donors (Lipinski definition) is 0. The molecule has 0 fully saturated rings. The highest BCUT2D eigenvalue weighted by atomic mass is 35.5. The Kier molecular flexibility index (Phi) is 4.26. The Bertz CT molecular complexity index is 134. The Morgan fingerprint density at radius 3 is 2.08 bits per heavy atom. The van der Waals surface area contributed by atoms with Crippen molar-refractivity contribution < 1.29 is 22.3 Å². The molecule has 0 aliphatic carbocycles. The van der Waals surface area contributed by atoms with Gasteiger partial charge in [0.15, 0.2) is 0 Å². The molecule has 6 heteroatoms. The van der Waals surface area contributed by atoms with Crippen LogP contribution >= 0.6 is 11.6 Å². The smallest absolute Gasteiger partial charge is 0.327 e. The van der Waals surface area contributed by atoms with Gasteiger partial charge in [-0.15, -0.1) is 0 Å².